The Morgan fingerprint density at radius 3 is 2.88 bits per heavy atom. The molecule has 2 heterocycles. The average molecular weight is 214 g/mol. The molecule has 0 aliphatic rings. The summed E-state index contributed by atoms with van der Waals surface area (Å²) in [5.41, 5.74) is 3.41. The van der Waals surface area contributed by atoms with Crippen LogP contribution in [0.1, 0.15) is 5.69 Å². The van der Waals surface area contributed by atoms with Gasteiger partial charge in [-0.05, 0) is 19.1 Å². The summed E-state index contributed by atoms with van der Waals surface area (Å²) in [6, 6.07) is 7.77. The predicted molar refractivity (Wildman–Crippen MR) is 59.6 cm³/mol. The molecule has 5 nitrogen and oxygen atoms in total. The highest BCUT2D eigenvalue weighted by Gasteiger charge is 2.12. The number of ether oxygens (including phenoxy) is 1. The minimum absolute atomic E-state index is 0.557. The van der Waals surface area contributed by atoms with Crippen LogP contribution < -0.4 is 4.74 Å². The summed E-state index contributed by atoms with van der Waals surface area (Å²) in [5.74, 6) is 0.557. The number of aryl methyl sites for hydroxylation is 1. The number of nitrogens with zero attached hydrogens (tertiary/aromatic N) is 4. The van der Waals surface area contributed by atoms with Crippen LogP contribution in [-0.4, -0.2) is 26.9 Å². The number of aromatic nitrogens is 4. The minimum Gasteiger partial charge on any atom is -0.479 e. The third-order valence-electron chi connectivity index (χ3n) is 2.57. The summed E-state index contributed by atoms with van der Waals surface area (Å²) in [6.45, 7) is 1.89. The molecule has 0 N–H and O–H groups in total. The van der Waals surface area contributed by atoms with Gasteiger partial charge in [0.05, 0.1) is 23.8 Å². The Labute approximate surface area is 91.7 Å². The van der Waals surface area contributed by atoms with E-state index in [0.717, 1.165) is 22.2 Å². The SMILES string of the molecule is COc1nc2ccccc2n2nnc(C)c12. The maximum Gasteiger partial charge on any atom is 0.242 e. The first-order chi connectivity index (χ1) is 7.81. The molecule has 2 aromatic heterocycles. The van der Waals surface area contributed by atoms with E-state index in [1.165, 1.54) is 0 Å². The zero-order chi connectivity index (χ0) is 11.1. The fraction of sp³-hybridized carbons (Fsp3) is 0.182. The van der Waals surface area contributed by atoms with Gasteiger partial charge in [-0.15, -0.1) is 5.10 Å². The Bertz CT molecular complexity index is 674. The summed E-state index contributed by atoms with van der Waals surface area (Å²) >= 11 is 0. The predicted octanol–water partition coefficient (Wildman–Crippen LogP) is 1.59. The Hall–Kier alpha value is -2.17. The van der Waals surface area contributed by atoms with Gasteiger partial charge in [0.2, 0.25) is 5.88 Å². The molecule has 0 atom stereocenters. The third-order valence-corrected chi connectivity index (χ3v) is 2.57. The van der Waals surface area contributed by atoms with E-state index in [1.807, 2.05) is 31.2 Å². The molecule has 0 unspecified atom stereocenters. The molecule has 1 aromatic carbocycles. The van der Waals surface area contributed by atoms with Crippen LogP contribution >= 0.6 is 0 Å². The first-order valence-corrected chi connectivity index (χ1v) is 4.96. The minimum atomic E-state index is 0.557. The van der Waals surface area contributed by atoms with E-state index < -0.39 is 0 Å². The van der Waals surface area contributed by atoms with Gasteiger partial charge in [0.15, 0.2) is 5.52 Å². The van der Waals surface area contributed by atoms with Gasteiger partial charge in [-0.2, -0.15) is 0 Å². The molecule has 0 spiro atoms. The number of benzene rings is 1. The van der Waals surface area contributed by atoms with Crippen molar-refractivity contribution >= 4 is 16.6 Å². The number of methoxy groups -OCH3 is 1. The largest absolute Gasteiger partial charge is 0.479 e. The van der Waals surface area contributed by atoms with Gasteiger partial charge in [-0.3, -0.25) is 0 Å². The molecular formula is C11H10N4O. The zero-order valence-electron chi connectivity index (χ0n) is 9.01. The molecule has 80 valence electrons. The lowest BCUT2D eigenvalue weighted by Crippen LogP contribution is -1.97. The molecule has 5 heteroatoms. The summed E-state index contributed by atoms with van der Waals surface area (Å²) in [6.07, 6.45) is 0. The van der Waals surface area contributed by atoms with E-state index >= 15 is 0 Å². The van der Waals surface area contributed by atoms with Crippen molar-refractivity contribution in [2.24, 2.45) is 0 Å². The molecule has 0 saturated heterocycles. The number of hydrogen-bond donors (Lipinski definition) is 0. The van der Waals surface area contributed by atoms with Crippen molar-refractivity contribution in [3.8, 4) is 5.88 Å². The number of rotatable bonds is 1. The van der Waals surface area contributed by atoms with Crippen molar-refractivity contribution in [3.05, 3.63) is 30.0 Å². The second-order valence-corrected chi connectivity index (χ2v) is 3.55. The molecule has 0 fully saturated rings. The topological polar surface area (TPSA) is 52.3 Å². The first-order valence-electron chi connectivity index (χ1n) is 4.96. The molecule has 0 radical (unpaired) electrons. The van der Waals surface area contributed by atoms with Crippen LogP contribution in [0.25, 0.3) is 16.6 Å². The molecular weight excluding hydrogens is 204 g/mol. The Balaban J connectivity index is 2.58. The molecule has 0 aliphatic heterocycles. The second kappa shape index (κ2) is 3.16. The quantitative estimate of drug-likeness (QED) is 0.617. The van der Waals surface area contributed by atoms with E-state index in [-0.39, 0.29) is 0 Å². The van der Waals surface area contributed by atoms with E-state index in [2.05, 4.69) is 15.3 Å². The summed E-state index contributed by atoms with van der Waals surface area (Å²) in [4.78, 5) is 4.43. The Morgan fingerprint density at radius 2 is 2.06 bits per heavy atom. The molecule has 3 aromatic rings. The average Bonchev–Trinajstić information content (AvgIpc) is 2.71. The normalized spacial score (nSPS) is 11.1. The number of para-hydroxylation sites is 2. The van der Waals surface area contributed by atoms with Crippen molar-refractivity contribution in [2.75, 3.05) is 7.11 Å². The molecule has 3 rings (SSSR count). The number of hydrogen-bond acceptors (Lipinski definition) is 4. The van der Waals surface area contributed by atoms with Gasteiger partial charge >= 0.3 is 0 Å². The maximum absolute atomic E-state index is 5.26. The van der Waals surface area contributed by atoms with Crippen LogP contribution in [0.3, 0.4) is 0 Å². The zero-order valence-corrected chi connectivity index (χ0v) is 9.01. The van der Waals surface area contributed by atoms with Gasteiger partial charge in [0, 0.05) is 0 Å². The van der Waals surface area contributed by atoms with Gasteiger partial charge in [-0.25, -0.2) is 9.50 Å². The van der Waals surface area contributed by atoms with E-state index in [4.69, 9.17) is 4.74 Å². The van der Waals surface area contributed by atoms with Crippen molar-refractivity contribution in [1.29, 1.82) is 0 Å². The molecule has 0 aliphatic carbocycles. The third kappa shape index (κ3) is 1.08. The smallest absolute Gasteiger partial charge is 0.242 e. The van der Waals surface area contributed by atoms with Crippen molar-refractivity contribution in [2.45, 2.75) is 6.92 Å². The summed E-state index contributed by atoms with van der Waals surface area (Å²) < 4.78 is 7.02. The fourth-order valence-corrected chi connectivity index (χ4v) is 1.81. The summed E-state index contributed by atoms with van der Waals surface area (Å²) in [7, 11) is 1.60. The van der Waals surface area contributed by atoms with Gasteiger partial charge in [-0.1, -0.05) is 17.3 Å². The van der Waals surface area contributed by atoms with Crippen molar-refractivity contribution < 1.29 is 4.74 Å². The lowest BCUT2D eigenvalue weighted by atomic mass is 10.3. The lowest BCUT2D eigenvalue weighted by molar-refractivity contribution is 0.402. The van der Waals surface area contributed by atoms with E-state index in [1.54, 1.807) is 11.6 Å². The highest BCUT2D eigenvalue weighted by Crippen LogP contribution is 2.23. The van der Waals surface area contributed by atoms with Crippen molar-refractivity contribution in [1.82, 2.24) is 19.8 Å². The van der Waals surface area contributed by atoms with Gasteiger partial charge in [0.25, 0.3) is 0 Å². The van der Waals surface area contributed by atoms with Crippen molar-refractivity contribution in [3.63, 3.8) is 0 Å². The second-order valence-electron chi connectivity index (χ2n) is 3.55. The van der Waals surface area contributed by atoms with Crippen LogP contribution in [0.4, 0.5) is 0 Å². The van der Waals surface area contributed by atoms with E-state index in [9.17, 15) is 0 Å². The lowest BCUT2D eigenvalue weighted by Gasteiger charge is -2.05. The van der Waals surface area contributed by atoms with Crippen LogP contribution in [0, 0.1) is 6.92 Å². The highest BCUT2D eigenvalue weighted by atomic mass is 16.5. The van der Waals surface area contributed by atoms with E-state index in [0.29, 0.717) is 5.88 Å². The van der Waals surface area contributed by atoms with Gasteiger partial charge in [0.1, 0.15) is 0 Å². The monoisotopic (exact) mass is 214 g/mol. The Kier molecular flexibility index (Phi) is 1.80. The Morgan fingerprint density at radius 1 is 1.25 bits per heavy atom. The summed E-state index contributed by atoms with van der Waals surface area (Å²) in [5, 5.41) is 8.15. The highest BCUT2D eigenvalue weighted by molar-refractivity contribution is 5.80. The van der Waals surface area contributed by atoms with Crippen LogP contribution in [-0.2, 0) is 0 Å². The molecule has 0 saturated carbocycles. The first kappa shape index (κ1) is 9.08. The van der Waals surface area contributed by atoms with Gasteiger partial charge < -0.3 is 4.74 Å². The molecule has 0 amide bonds. The number of fused-ring (bicyclic) bond motifs is 3. The fourth-order valence-electron chi connectivity index (χ4n) is 1.81. The molecule has 16 heavy (non-hydrogen) atoms. The van der Waals surface area contributed by atoms with Crippen LogP contribution in [0.15, 0.2) is 24.3 Å². The molecule has 0 bridgehead atoms. The van der Waals surface area contributed by atoms with Crippen LogP contribution in [0.2, 0.25) is 0 Å². The maximum atomic E-state index is 5.26. The van der Waals surface area contributed by atoms with Crippen LogP contribution in [0.5, 0.6) is 5.88 Å². The standard InChI is InChI=1S/C11H10N4O/c1-7-10-11(16-2)12-8-5-3-4-6-9(8)15(10)14-13-7/h3-6H,1-2H3.